The average Bonchev–Trinajstić information content (AvgIpc) is 3.45. The van der Waals surface area contributed by atoms with Crippen LogP contribution in [0.3, 0.4) is 0 Å². The van der Waals surface area contributed by atoms with E-state index in [0.717, 1.165) is 26.2 Å². The molecule has 0 aliphatic carbocycles. The summed E-state index contributed by atoms with van der Waals surface area (Å²) < 4.78 is 40.1. The number of nitrogens with one attached hydrogen (secondary N) is 1. The number of alkyl halides is 3. The molecule has 3 N–H and O–H groups in total. The van der Waals surface area contributed by atoms with Crippen molar-refractivity contribution in [3.63, 3.8) is 0 Å². The molecule has 3 aromatic heterocycles. The second-order valence-corrected chi connectivity index (χ2v) is 7.38. The molecule has 0 aromatic carbocycles. The highest BCUT2D eigenvalue weighted by atomic mass is 19.4. The molecule has 15 heteroatoms. The first-order valence-corrected chi connectivity index (χ1v) is 10.5. The first kappa shape index (κ1) is 26.3. The summed E-state index contributed by atoms with van der Waals surface area (Å²) in [4.78, 5) is 39.8. The maximum Gasteiger partial charge on any atom is 0.490 e. The van der Waals surface area contributed by atoms with Crippen LogP contribution in [0.25, 0.3) is 11.0 Å². The normalized spacial score (nSPS) is 13.5. The van der Waals surface area contributed by atoms with E-state index in [0.29, 0.717) is 29.3 Å². The van der Waals surface area contributed by atoms with Gasteiger partial charge in [-0.25, -0.2) is 19.3 Å². The van der Waals surface area contributed by atoms with Gasteiger partial charge in [-0.2, -0.15) is 18.3 Å². The molecular formula is C21H21F3N6O6. The predicted molar refractivity (Wildman–Crippen MR) is 119 cm³/mol. The maximum atomic E-state index is 13.2. The standard InChI is InChI=1S/C19H20N6O4.C2HF3O2/c1-2-3-8-24-16-14(22-19(24)23-9-6-20-7-10-23)11-21-25(17(16)26)12-13-4-5-15(29-13)18(27)28;3-2(4,5)1(6)7/h4-5,11,20H,6-10,12H2,1H3,(H,27,28);(H,6,7). The minimum Gasteiger partial charge on any atom is -0.475 e. The van der Waals surface area contributed by atoms with Crippen LogP contribution in [0.15, 0.2) is 27.5 Å². The number of carboxylic acid groups (broad SMARTS) is 2. The molecule has 0 radical (unpaired) electrons. The van der Waals surface area contributed by atoms with E-state index in [4.69, 9.17) is 19.4 Å². The van der Waals surface area contributed by atoms with Crippen molar-refractivity contribution in [2.24, 2.45) is 0 Å². The average molecular weight is 510 g/mol. The molecule has 12 nitrogen and oxygen atoms in total. The maximum absolute atomic E-state index is 13.2. The number of furan rings is 1. The topological polar surface area (TPSA) is 156 Å². The number of aromatic nitrogens is 4. The Balaban J connectivity index is 0.000000454. The van der Waals surface area contributed by atoms with E-state index in [-0.39, 0.29) is 17.9 Å². The van der Waals surface area contributed by atoms with Crippen molar-refractivity contribution >= 4 is 28.9 Å². The number of hydrogen-bond acceptors (Lipinski definition) is 8. The summed E-state index contributed by atoms with van der Waals surface area (Å²) in [5, 5.41) is 23.6. The van der Waals surface area contributed by atoms with Gasteiger partial charge in [0.2, 0.25) is 11.7 Å². The molecular weight excluding hydrogens is 489 g/mol. The van der Waals surface area contributed by atoms with Crippen molar-refractivity contribution in [2.45, 2.75) is 26.2 Å². The largest absolute Gasteiger partial charge is 0.490 e. The molecule has 4 rings (SSSR count). The van der Waals surface area contributed by atoms with Crippen LogP contribution in [0.1, 0.15) is 23.2 Å². The smallest absolute Gasteiger partial charge is 0.475 e. The third kappa shape index (κ3) is 6.02. The van der Waals surface area contributed by atoms with Crippen LogP contribution in [0.2, 0.25) is 0 Å². The van der Waals surface area contributed by atoms with Gasteiger partial charge < -0.3 is 24.8 Å². The van der Waals surface area contributed by atoms with Gasteiger partial charge in [-0.3, -0.25) is 9.36 Å². The number of anilines is 1. The number of hydrogen-bond donors (Lipinski definition) is 3. The summed E-state index contributed by atoms with van der Waals surface area (Å²) in [5.74, 6) is 2.81. The Morgan fingerprint density at radius 2 is 1.89 bits per heavy atom. The molecule has 0 amide bonds. The van der Waals surface area contributed by atoms with E-state index in [1.54, 1.807) is 13.1 Å². The van der Waals surface area contributed by atoms with E-state index in [9.17, 15) is 22.8 Å². The van der Waals surface area contributed by atoms with Crippen molar-refractivity contribution in [1.82, 2.24) is 24.6 Å². The third-order valence-corrected chi connectivity index (χ3v) is 4.97. The predicted octanol–water partition coefficient (Wildman–Crippen LogP) is 0.999. The number of fused-ring (bicyclic) bond motifs is 1. The minimum absolute atomic E-state index is 0.0235. The lowest BCUT2D eigenvalue weighted by molar-refractivity contribution is -0.192. The van der Waals surface area contributed by atoms with Gasteiger partial charge >= 0.3 is 18.1 Å². The first-order valence-electron chi connectivity index (χ1n) is 10.5. The SMILES string of the molecule is CC#CCn1c(N2CCNCC2)nc2cnn(Cc3ccc(C(=O)O)o3)c(=O)c21.O=C(O)C(F)(F)F. The summed E-state index contributed by atoms with van der Waals surface area (Å²) in [7, 11) is 0. The van der Waals surface area contributed by atoms with Gasteiger partial charge in [0.1, 0.15) is 23.3 Å². The first-order chi connectivity index (χ1) is 17.0. The van der Waals surface area contributed by atoms with Crippen molar-refractivity contribution in [3.8, 4) is 11.8 Å². The quantitative estimate of drug-likeness (QED) is 0.423. The van der Waals surface area contributed by atoms with Crippen LogP contribution in [-0.4, -0.2) is 73.8 Å². The summed E-state index contributed by atoms with van der Waals surface area (Å²) in [6, 6.07) is 2.87. The van der Waals surface area contributed by atoms with Crippen molar-refractivity contribution in [2.75, 3.05) is 31.1 Å². The van der Waals surface area contributed by atoms with Crippen molar-refractivity contribution in [3.05, 3.63) is 40.2 Å². The highest BCUT2D eigenvalue weighted by molar-refractivity contribution is 5.84. The second-order valence-electron chi connectivity index (χ2n) is 7.38. The molecule has 192 valence electrons. The molecule has 3 aromatic rings. The van der Waals surface area contributed by atoms with Gasteiger partial charge in [-0.1, -0.05) is 5.92 Å². The van der Waals surface area contributed by atoms with Crippen LogP contribution < -0.4 is 15.8 Å². The lowest BCUT2D eigenvalue weighted by atomic mass is 10.4. The monoisotopic (exact) mass is 510 g/mol. The molecule has 0 atom stereocenters. The Labute approximate surface area is 200 Å². The minimum atomic E-state index is -5.08. The number of rotatable bonds is 5. The summed E-state index contributed by atoms with van der Waals surface area (Å²) in [6.07, 6.45) is -3.54. The van der Waals surface area contributed by atoms with E-state index in [1.807, 2.05) is 4.57 Å². The fourth-order valence-corrected chi connectivity index (χ4v) is 3.33. The number of halogens is 3. The summed E-state index contributed by atoms with van der Waals surface area (Å²) in [6.45, 7) is 5.38. The molecule has 0 unspecified atom stereocenters. The Morgan fingerprint density at radius 3 is 2.44 bits per heavy atom. The molecule has 1 aliphatic heterocycles. The molecule has 4 heterocycles. The van der Waals surface area contributed by atoms with Crippen LogP contribution >= 0.6 is 0 Å². The fraction of sp³-hybridized carbons (Fsp3) is 0.381. The van der Waals surface area contributed by atoms with E-state index >= 15 is 0 Å². The number of aliphatic carboxylic acids is 1. The molecule has 0 saturated carbocycles. The Kier molecular flexibility index (Phi) is 8.00. The lowest BCUT2D eigenvalue weighted by Crippen LogP contribution is -2.44. The van der Waals surface area contributed by atoms with Crippen LogP contribution in [0, 0.1) is 11.8 Å². The van der Waals surface area contributed by atoms with Gasteiger partial charge in [0, 0.05) is 26.2 Å². The number of carboxylic acids is 2. The lowest BCUT2D eigenvalue weighted by Gasteiger charge is -2.28. The van der Waals surface area contributed by atoms with E-state index < -0.39 is 18.1 Å². The van der Waals surface area contributed by atoms with Crippen molar-refractivity contribution in [1.29, 1.82) is 0 Å². The molecule has 1 aliphatic rings. The number of aromatic carboxylic acids is 1. The zero-order chi connectivity index (χ0) is 26.5. The molecule has 0 spiro atoms. The number of carbonyl (C=O) groups is 2. The molecule has 1 fully saturated rings. The van der Waals surface area contributed by atoms with Crippen molar-refractivity contribution < 1.29 is 37.4 Å². The van der Waals surface area contributed by atoms with Gasteiger partial charge in [-0.15, -0.1) is 5.92 Å². The highest BCUT2D eigenvalue weighted by Crippen LogP contribution is 2.20. The molecule has 0 bridgehead atoms. The number of nitrogens with zero attached hydrogens (tertiary/aromatic N) is 5. The zero-order valence-corrected chi connectivity index (χ0v) is 18.9. The number of imidazole rings is 1. The van der Waals surface area contributed by atoms with E-state index in [1.165, 1.54) is 16.8 Å². The van der Waals surface area contributed by atoms with E-state index in [2.05, 4.69) is 32.1 Å². The van der Waals surface area contributed by atoms with Crippen LogP contribution in [0.4, 0.5) is 19.1 Å². The zero-order valence-electron chi connectivity index (χ0n) is 18.9. The fourth-order valence-electron chi connectivity index (χ4n) is 3.33. The Morgan fingerprint density at radius 1 is 1.22 bits per heavy atom. The van der Waals surface area contributed by atoms with Crippen LogP contribution in [0.5, 0.6) is 0 Å². The summed E-state index contributed by atoms with van der Waals surface area (Å²) >= 11 is 0. The Bertz CT molecular complexity index is 1370. The number of piperazine rings is 1. The third-order valence-electron chi connectivity index (χ3n) is 4.97. The second kappa shape index (κ2) is 11.0. The van der Waals surface area contributed by atoms with Crippen LogP contribution in [-0.2, 0) is 17.9 Å². The van der Waals surface area contributed by atoms with Gasteiger partial charge in [0.05, 0.1) is 12.7 Å². The summed E-state index contributed by atoms with van der Waals surface area (Å²) in [5.41, 5.74) is 0.590. The molecule has 1 saturated heterocycles. The Hall–Kier alpha value is -4.32. The highest BCUT2D eigenvalue weighted by Gasteiger charge is 2.38. The molecule has 36 heavy (non-hydrogen) atoms. The van der Waals surface area contributed by atoms with Gasteiger partial charge in [-0.05, 0) is 19.1 Å². The van der Waals surface area contributed by atoms with Gasteiger partial charge in [0.15, 0.2) is 0 Å². The van der Waals surface area contributed by atoms with Gasteiger partial charge in [0.25, 0.3) is 5.56 Å².